The van der Waals surface area contributed by atoms with Crippen molar-refractivity contribution in [2.45, 2.75) is 26.2 Å². The first kappa shape index (κ1) is 23.3. The van der Waals surface area contributed by atoms with Crippen molar-refractivity contribution in [3.63, 3.8) is 0 Å². The molecule has 0 radical (unpaired) electrons. The lowest BCUT2D eigenvalue weighted by Gasteiger charge is -2.34. The summed E-state index contributed by atoms with van der Waals surface area (Å²) >= 11 is 0. The second kappa shape index (κ2) is 11.9. The second-order valence-electron chi connectivity index (χ2n) is 7.20. The molecule has 1 aromatic carbocycles. The first-order valence-electron chi connectivity index (χ1n) is 10.1. The van der Waals surface area contributed by atoms with Crippen LogP contribution in [0.2, 0.25) is 0 Å². The highest BCUT2D eigenvalue weighted by molar-refractivity contribution is 14.0. The minimum atomic E-state index is 0. The van der Waals surface area contributed by atoms with Gasteiger partial charge in [-0.15, -0.1) is 24.0 Å². The van der Waals surface area contributed by atoms with Crippen LogP contribution in [0.3, 0.4) is 0 Å². The Kier molecular flexibility index (Phi) is 9.59. The summed E-state index contributed by atoms with van der Waals surface area (Å²) in [4.78, 5) is 17.7. The monoisotopic (exact) mass is 509 g/mol. The summed E-state index contributed by atoms with van der Waals surface area (Å²) in [5, 5.41) is 3.18. The van der Waals surface area contributed by atoms with Gasteiger partial charge in [-0.25, -0.2) is 9.97 Å². The lowest BCUT2D eigenvalue weighted by Crippen LogP contribution is -2.47. The van der Waals surface area contributed by atoms with Gasteiger partial charge in [0, 0.05) is 50.8 Å². The van der Waals surface area contributed by atoms with Crippen LogP contribution in [-0.4, -0.2) is 60.1 Å². The van der Waals surface area contributed by atoms with Crippen LogP contribution >= 0.6 is 24.0 Å². The van der Waals surface area contributed by atoms with Crippen molar-refractivity contribution in [1.82, 2.24) is 14.9 Å². The summed E-state index contributed by atoms with van der Waals surface area (Å²) in [6.45, 7) is 9.87. The third-order valence-corrected chi connectivity index (χ3v) is 5.27. The van der Waals surface area contributed by atoms with E-state index < -0.39 is 0 Å². The molecule has 2 heterocycles. The Bertz CT molecular complexity index is 743. The summed E-state index contributed by atoms with van der Waals surface area (Å²) in [6, 6.07) is 10.3. The van der Waals surface area contributed by atoms with Crippen LogP contribution in [0.15, 0.2) is 47.7 Å². The molecule has 1 unspecified atom stereocenters. The molecule has 1 aliphatic heterocycles. The summed E-state index contributed by atoms with van der Waals surface area (Å²) < 4.78 is 0. The van der Waals surface area contributed by atoms with Crippen LogP contribution in [0.1, 0.15) is 31.7 Å². The van der Waals surface area contributed by atoms with Crippen molar-refractivity contribution in [3.8, 4) is 0 Å². The van der Waals surface area contributed by atoms with Crippen LogP contribution in [-0.2, 0) is 0 Å². The first-order valence-corrected chi connectivity index (χ1v) is 10.1. The number of aromatic nitrogens is 2. The van der Waals surface area contributed by atoms with Gasteiger partial charge in [-0.1, -0.05) is 26.0 Å². The van der Waals surface area contributed by atoms with Gasteiger partial charge in [0.1, 0.15) is 0 Å². The normalized spacial score (nSPS) is 16.2. The van der Waals surface area contributed by atoms with Gasteiger partial charge < -0.3 is 16.0 Å². The molecular formula is C21H32IN7. The van der Waals surface area contributed by atoms with Crippen molar-refractivity contribution < 1.29 is 0 Å². The molecule has 8 heteroatoms. The highest BCUT2D eigenvalue weighted by Crippen LogP contribution is 2.20. The van der Waals surface area contributed by atoms with Crippen LogP contribution < -0.4 is 16.0 Å². The zero-order valence-electron chi connectivity index (χ0n) is 17.3. The number of rotatable bonds is 7. The van der Waals surface area contributed by atoms with E-state index in [1.54, 1.807) is 12.4 Å². The predicted molar refractivity (Wildman–Crippen MR) is 131 cm³/mol. The number of hydrogen-bond acceptors (Lipinski definition) is 5. The van der Waals surface area contributed by atoms with E-state index in [-0.39, 0.29) is 24.0 Å². The van der Waals surface area contributed by atoms with Crippen molar-refractivity contribution >= 4 is 41.6 Å². The van der Waals surface area contributed by atoms with Crippen LogP contribution in [0.4, 0.5) is 11.6 Å². The molecule has 0 amide bonds. The minimum absolute atomic E-state index is 0. The Morgan fingerprint density at radius 3 is 2.41 bits per heavy atom. The fourth-order valence-electron chi connectivity index (χ4n) is 3.26. The van der Waals surface area contributed by atoms with Crippen LogP contribution in [0.5, 0.6) is 0 Å². The van der Waals surface area contributed by atoms with E-state index >= 15 is 0 Å². The predicted octanol–water partition coefficient (Wildman–Crippen LogP) is 3.16. The number of nitrogens with zero attached hydrogens (tertiary/aromatic N) is 5. The quantitative estimate of drug-likeness (QED) is 0.339. The highest BCUT2D eigenvalue weighted by atomic mass is 127. The molecule has 0 saturated carbocycles. The second-order valence-corrected chi connectivity index (χ2v) is 7.20. The molecular weight excluding hydrogens is 477 g/mol. The first-order chi connectivity index (χ1) is 13.7. The lowest BCUT2D eigenvalue weighted by molar-refractivity contribution is 0.264. The third-order valence-electron chi connectivity index (χ3n) is 5.27. The van der Waals surface area contributed by atoms with E-state index in [0.717, 1.165) is 50.8 Å². The summed E-state index contributed by atoms with van der Waals surface area (Å²) in [6.07, 6.45) is 4.72. The molecule has 1 aromatic heterocycles. The van der Waals surface area contributed by atoms with Gasteiger partial charge in [0.05, 0.1) is 6.54 Å². The number of anilines is 2. The van der Waals surface area contributed by atoms with E-state index in [1.165, 1.54) is 5.56 Å². The standard InChI is InChI=1S/C21H31N7.HI/c1-3-17(2)18-5-7-19(8-6-18)26-20(22)23-11-12-27-13-15-28(16-14-27)21-24-9-4-10-25-21;/h4-10,17H,3,11-16H2,1-2H3,(H3,22,23,26);1H. The van der Waals surface area contributed by atoms with E-state index in [4.69, 9.17) is 5.73 Å². The molecule has 3 N–H and O–H groups in total. The molecule has 1 fully saturated rings. The third kappa shape index (κ3) is 7.11. The lowest BCUT2D eigenvalue weighted by atomic mass is 9.99. The van der Waals surface area contributed by atoms with Crippen molar-refractivity contribution in [2.24, 2.45) is 10.7 Å². The smallest absolute Gasteiger partial charge is 0.225 e. The number of hydrogen-bond donors (Lipinski definition) is 2. The van der Waals surface area contributed by atoms with Crippen molar-refractivity contribution in [2.75, 3.05) is 49.5 Å². The highest BCUT2D eigenvalue weighted by Gasteiger charge is 2.18. The van der Waals surface area contributed by atoms with Gasteiger partial charge in [-0.05, 0) is 36.1 Å². The molecule has 0 spiro atoms. The minimum Gasteiger partial charge on any atom is -0.370 e. The molecule has 158 valence electrons. The Morgan fingerprint density at radius 1 is 1.14 bits per heavy atom. The Balaban J connectivity index is 0.00000300. The number of guanidine groups is 1. The van der Waals surface area contributed by atoms with Gasteiger partial charge in [0.15, 0.2) is 5.96 Å². The topological polar surface area (TPSA) is 82.7 Å². The summed E-state index contributed by atoms with van der Waals surface area (Å²) in [7, 11) is 0. The number of aliphatic imine (C=N–C) groups is 1. The number of piperazine rings is 1. The van der Waals surface area contributed by atoms with Crippen molar-refractivity contribution in [3.05, 3.63) is 48.3 Å². The van der Waals surface area contributed by atoms with Gasteiger partial charge in [0.2, 0.25) is 5.95 Å². The Labute approximate surface area is 190 Å². The average Bonchev–Trinajstić information content (AvgIpc) is 2.75. The largest absolute Gasteiger partial charge is 0.370 e. The molecule has 1 saturated heterocycles. The molecule has 1 aliphatic rings. The Hall–Kier alpha value is -1.94. The van der Waals surface area contributed by atoms with Crippen LogP contribution in [0, 0.1) is 0 Å². The van der Waals surface area contributed by atoms with Gasteiger partial charge in [0.25, 0.3) is 0 Å². The maximum Gasteiger partial charge on any atom is 0.225 e. The van der Waals surface area contributed by atoms with Gasteiger partial charge >= 0.3 is 0 Å². The van der Waals surface area contributed by atoms with Gasteiger partial charge in [-0.3, -0.25) is 9.89 Å². The molecule has 3 rings (SSSR count). The fraction of sp³-hybridized carbons (Fsp3) is 0.476. The SMILES string of the molecule is CCC(C)c1ccc(NC(N)=NCCN2CCN(c3ncccn3)CC2)cc1.I. The molecule has 7 nitrogen and oxygen atoms in total. The number of nitrogens with two attached hydrogens (primary N) is 1. The zero-order chi connectivity index (χ0) is 19.8. The summed E-state index contributed by atoms with van der Waals surface area (Å²) in [5.41, 5.74) is 8.37. The molecule has 2 aromatic rings. The van der Waals surface area contributed by atoms with E-state index in [2.05, 4.69) is 68.2 Å². The van der Waals surface area contributed by atoms with E-state index in [0.29, 0.717) is 18.4 Å². The fourth-order valence-corrected chi connectivity index (χ4v) is 3.26. The van der Waals surface area contributed by atoms with E-state index in [9.17, 15) is 0 Å². The average molecular weight is 509 g/mol. The van der Waals surface area contributed by atoms with Gasteiger partial charge in [-0.2, -0.15) is 0 Å². The number of benzene rings is 1. The number of halogens is 1. The molecule has 1 atom stereocenters. The summed E-state index contributed by atoms with van der Waals surface area (Å²) in [5.74, 6) is 1.86. The maximum atomic E-state index is 6.04. The number of nitrogens with one attached hydrogen (secondary N) is 1. The van der Waals surface area contributed by atoms with Crippen LogP contribution in [0.25, 0.3) is 0 Å². The zero-order valence-corrected chi connectivity index (χ0v) is 19.6. The Morgan fingerprint density at radius 2 is 1.79 bits per heavy atom. The maximum absolute atomic E-state index is 6.04. The molecule has 0 aliphatic carbocycles. The molecule has 0 bridgehead atoms. The molecule has 29 heavy (non-hydrogen) atoms. The van der Waals surface area contributed by atoms with Crippen molar-refractivity contribution in [1.29, 1.82) is 0 Å². The van der Waals surface area contributed by atoms with E-state index in [1.807, 2.05) is 6.07 Å².